The monoisotopic (exact) mass is 215 g/mol. The number of nitrogens with zero attached hydrogens (tertiary/aromatic N) is 1. The van der Waals surface area contributed by atoms with Crippen LogP contribution in [0.5, 0.6) is 5.75 Å². The Bertz CT molecular complexity index is 418. The van der Waals surface area contributed by atoms with Crippen LogP contribution < -0.4 is 4.74 Å². The maximum atomic E-state index is 13.3. The van der Waals surface area contributed by atoms with E-state index in [-0.39, 0.29) is 5.75 Å². The topological polar surface area (TPSA) is 52.4 Å². The number of hydrogen-bond acceptors (Lipinski definition) is 3. The van der Waals surface area contributed by atoms with Crippen molar-refractivity contribution in [2.24, 2.45) is 0 Å². The number of halogens is 2. The molecule has 0 amide bonds. The van der Waals surface area contributed by atoms with E-state index < -0.39 is 22.1 Å². The van der Waals surface area contributed by atoms with Crippen LogP contribution in [0.3, 0.4) is 0 Å². The summed E-state index contributed by atoms with van der Waals surface area (Å²) in [5.41, 5.74) is -0.494. The molecule has 0 aliphatic carbocycles. The van der Waals surface area contributed by atoms with E-state index in [1.807, 2.05) is 0 Å². The zero-order valence-electron chi connectivity index (χ0n) is 7.74. The van der Waals surface area contributed by atoms with Crippen LogP contribution in [0.15, 0.2) is 18.3 Å². The number of benzene rings is 1. The summed E-state index contributed by atoms with van der Waals surface area (Å²) in [6.45, 7) is 0. The van der Waals surface area contributed by atoms with Crippen molar-refractivity contribution in [2.45, 2.75) is 0 Å². The zero-order chi connectivity index (χ0) is 11.4. The first-order valence-corrected chi connectivity index (χ1v) is 3.90. The van der Waals surface area contributed by atoms with Crippen LogP contribution in [0.4, 0.5) is 8.78 Å². The maximum absolute atomic E-state index is 13.3. The molecule has 1 aromatic carbocycles. The molecule has 1 aromatic rings. The van der Waals surface area contributed by atoms with Crippen LogP contribution in [0.25, 0.3) is 6.08 Å². The molecule has 6 heteroatoms. The first-order valence-electron chi connectivity index (χ1n) is 3.90. The second-order valence-corrected chi connectivity index (χ2v) is 2.58. The highest BCUT2D eigenvalue weighted by Crippen LogP contribution is 2.23. The first-order chi connectivity index (χ1) is 7.06. The lowest BCUT2D eigenvalue weighted by Gasteiger charge is -2.04. The largest absolute Gasteiger partial charge is 0.494 e. The highest BCUT2D eigenvalue weighted by molar-refractivity contribution is 5.52. The molecule has 0 N–H and O–H groups in total. The lowest BCUT2D eigenvalue weighted by molar-refractivity contribution is -0.401. The second-order valence-electron chi connectivity index (χ2n) is 2.58. The van der Waals surface area contributed by atoms with Gasteiger partial charge in [-0.05, 0) is 12.1 Å². The molecule has 0 saturated carbocycles. The molecule has 1 rings (SSSR count). The van der Waals surface area contributed by atoms with Gasteiger partial charge >= 0.3 is 0 Å². The molecule has 4 nitrogen and oxygen atoms in total. The number of rotatable bonds is 3. The third-order valence-electron chi connectivity index (χ3n) is 1.67. The standard InChI is InChI=1S/C9H7F2NO3/c1-15-8-3-2-7(10)6(9(8)11)4-5-12(13)14/h2-5H,1H3/b5-4+. The molecule has 0 radical (unpaired) electrons. The van der Waals surface area contributed by atoms with Crippen molar-refractivity contribution in [1.29, 1.82) is 0 Å². The van der Waals surface area contributed by atoms with Crippen molar-refractivity contribution in [3.8, 4) is 5.75 Å². The predicted octanol–water partition coefficient (Wildman–Crippen LogP) is 2.22. The summed E-state index contributed by atoms with van der Waals surface area (Å²) in [4.78, 5) is 9.19. The Morgan fingerprint density at radius 1 is 1.47 bits per heavy atom. The number of nitro groups is 1. The highest BCUT2D eigenvalue weighted by Gasteiger charge is 2.12. The number of ether oxygens (including phenoxy) is 1. The van der Waals surface area contributed by atoms with Gasteiger partial charge in [0.15, 0.2) is 11.6 Å². The fourth-order valence-electron chi connectivity index (χ4n) is 0.995. The fraction of sp³-hybridized carbons (Fsp3) is 0.111. The summed E-state index contributed by atoms with van der Waals surface area (Å²) in [7, 11) is 1.22. The van der Waals surface area contributed by atoms with E-state index in [1.165, 1.54) is 7.11 Å². The van der Waals surface area contributed by atoms with Crippen molar-refractivity contribution >= 4 is 6.08 Å². The minimum atomic E-state index is -0.962. The molecule has 0 saturated heterocycles. The minimum absolute atomic E-state index is 0.167. The Morgan fingerprint density at radius 2 is 2.13 bits per heavy atom. The zero-order valence-corrected chi connectivity index (χ0v) is 7.74. The van der Waals surface area contributed by atoms with Crippen LogP contribution in [0, 0.1) is 21.7 Å². The van der Waals surface area contributed by atoms with Crippen molar-refractivity contribution < 1.29 is 18.4 Å². The van der Waals surface area contributed by atoms with Crippen molar-refractivity contribution in [3.05, 3.63) is 45.6 Å². The quantitative estimate of drug-likeness (QED) is 0.573. The third-order valence-corrected chi connectivity index (χ3v) is 1.67. The fourth-order valence-corrected chi connectivity index (χ4v) is 0.995. The van der Waals surface area contributed by atoms with E-state index >= 15 is 0 Å². The van der Waals surface area contributed by atoms with E-state index in [1.54, 1.807) is 0 Å². The Kier molecular flexibility index (Phi) is 3.33. The predicted molar refractivity (Wildman–Crippen MR) is 48.9 cm³/mol. The Hall–Kier alpha value is -1.98. The van der Waals surface area contributed by atoms with E-state index in [9.17, 15) is 18.9 Å². The molecular weight excluding hydrogens is 208 g/mol. The average molecular weight is 215 g/mol. The third kappa shape index (κ3) is 2.49. The molecule has 80 valence electrons. The van der Waals surface area contributed by atoms with Gasteiger partial charge in [0.25, 0.3) is 0 Å². The molecule has 0 unspecified atom stereocenters. The number of hydrogen-bond donors (Lipinski definition) is 0. The van der Waals surface area contributed by atoms with Crippen LogP contribution in [0.1, 0.15) is 5.56 Å². The molecule has 0 atom stereocenters. The first kappa shape index (κ1) is 11.1. The van der Waals surface area contributed by atoms with Crippen molar-refractivity contribution in [1.82, 2.24) is 0 Å². The molecular formula is C9H7F2NO3. The van der Waals surface area contributed by atoms with Crippen molar-refractivity contribution in [3.63, 3.8) is 0 Å². The summed E-state index contributed by atoms with van der Waals surface area (Å²) in [6.07, 6.45) is 1.20. The van der Waals surface area contributed by atoms with Crippen LogP contribution in [-0.2, 0) is 0 Å². The molecule has 0 spiro atoms. The molecule has 0 fully saturated rings. The summed E-state index contributed by atoms with van der Waals surface area (Å²) in [6, 6.07) is 2.08. The molecule has 0 heterocycles. The van der Waals surface area contributed by atoms with Gasteiger partial charge in [0, 0.05) is 6.08 Å². The SMILES string of the molecule is COc1ccc(F)c(/C=C/[N+](=O)[O-])c1F. The minimum Gasteiger partial charge on any atom is -0.494 e. The summed E-state index contributed by atoms with van der Waals surface area (Å²) >= 11 is 0. The molecule has 0 bridgehead atoms. The summed E-state index contributed by atoms with van der Waals surface area (Å²) in [5, 5.41) is 9.99. The van der Waals surface area contributed by atoms with Gasteiger partial charge in [0.05, 0.1) is 17.6 Å². The van der Waals surface area contributed by atoms with Gasteiger partial charge in [-0.3, -0.25) is 10.1 Å². The molecule has 0 aliphatic heterocycles. The van der Waals surface area contributed by atoms with Crippen LogP contribution >= 0.6 is 0 Å². The van der Waals surface area contributed by atoms with Gasteiger partial charge in [-0.2, -0.15) is 0 Å². The van der Waals surface area contributed by atoms with Gasteiger partial charge < -0.3 is 4.74 Å². The molecule has 15 heavy (non-hydrogen) atoms. The van der Waals surface area contributed by atoms with E-state index in [0.29, 0.717) is 6.20 Å². The van der Waals surface area contributed by atoms with Crippen LogP contribution in [-0.4, -0.2) is 12.0 Å². The lowest BCUT2D eigenvalue weighted by Crippen LogP contribution is -1.95. The Balaban J connectivity index is 3.21. The number of methoxy groups -OCH3 is 1. The van der Waals surface area contributed by atoms with Gasteiger partial charge in [-0.15, -0.1) is 0 Å². The van der Waals surface area contributed by atoms with Crippen molar-refractivity contribution in [2.75, 3.05) is 7.11 Å². The van der Waals surface area contributed by atoms with Gasteiger partial charge in [-0.25, -0.2) is 8.78 Å². The lowest BCUT2D eigenvalue weighted by atomic mass is 10.2. The summed E-state index contributed by atoms with van der Waals surface area (Å²) in [5.74, 6) is -2.01. The summed E-state index contributed by atoms with van der Waals surface area (Å²) < 4.78 is 31.0. The van der Waals surface area contributed by atoms with Gasteiger partial charge in [0.2, 0.25) is 6.20 Å². The maximum Gasteiger partial charge on any atom is 0.235 e. The van der Waals surface area contributed by atoms with E-state index in [4.69, 9.17) is 0 Å². The van der Waals surface area contributed by atoms with Gasteiger partial charge in [0.1, 0.15) is 5.82 Å². The Labute approximate surface area is 83.9 Å². The second kappa shape index (κ2) is 4.50. The average Bonchev–Trinajstić information content (AvgIpc) is 2.17. The highest BCUT2D eigenvalue weighted by atomic mass is 19.1. The van der Waals surface area contributed by atoms with E-state index in [0.717, 1.165) is 18.2 Å². The van der Waals surface area contributed by atoms with Gasteiger partial charge in [-0.1, -0.05) is 0 Å². The smallest absolute Gasteiger partial charge is 0.235 e. The molecule has 0 aliphatic rings. The molecule has 0 aromatic heterocycles. The normalized spacial score (nSPS) is 10.6. The Morgan fingerprint density at radius 3 is 2.67 bits per heavy atom. The van der Waals surface area contributed by atoms with E-state index in [2.05, 4.69) is 4.74 Å². The van der Waals surface area contributed by atoms with Crippen LogP contribution in [0.2, 0.25) is 0 Å².